The normalized spacial score (nSPS) is 12.0. The van der Waals surface area contributed by atoms with Crippen LogP contribution < -0.4 is 10.3 Å². The van der Waals surface area contributed by atoms with Gasteiger partial charge in [0, 0.05) is 6.42 Å². The van der Waals surface area contributed by atoms with Gasteiger partial charge in [0.2, 0.25) is 0 Å². The number of carbonyl (C=O) groups is 1. The number of hydrogen-bond acceptors (Lipinski definition) is 5. The van der Waals surface area contributed by atoms with Crippen molar-refractivity contribution in [2.45, 2.75) is 38.1 Å². The molecule has 0 N–H and O–H groups in total. The van der Waals surface area contributed by atoms with Crippen LogP contribution in [0.3, 0.4) is 0 Å². The summed E-state index contributed by atoms with van der Waals surface area (Å²) >= 11 is 3.36. The molecule has 30 heavy (non-hydrogen) atoms. The van der Waals surface area contributed by atoms with E-state index < -0.39 is 0 Å². The third-order valence-electron chi connectivity index (χ3n) is 4.72. The number of carbonyl (C=O) groups excluding carboxylic acids is 1. The largest absolute Gasteiger partial charge is 0.492 e. The minimum Gasteiger partial charge on any atom is -0.492 e. The van der Waals surface area contributed by atoms with E-state index in [1.807, 2.05) is 49.4 Å². The van der Waals surface area contributed by atoms with Crippen molar-refractivity contribution >= 4 is 32.8 Å². The van der Waals surface area contributed by atoms with Gasteiger partial charge >= 0.3 is 5.97 Å². The SMILES string of the molecule is CCOC(=O)C(Br)Cc1ccc(OCCn2c(CC)nc3ccccc3c2=O)cc1. The standard InChI is InChI=1S/C23H25BrN2O4/c1-3-21-25-20-8-6-5-7-18(20)22(27)26(21)13-14-30-17-11-9-16(10-12-17)15-19(24)23(28)29-4-2/h5-12,19H,3-4,13-15H2,1-2H3. The number of alkyl halides is 1. The summed E-state index contributed by atoms with van der Waals surface area (Å²) in [5.74, 6) is 1.19. The van der Waals surface area contributed by atoms with E-state index in [1.165, 1.54) is 0 Å². The molecule has 0 saturated heterocycles. The fourth-order valence-electron chi connectivity index (χ4n) is 3.21. The Morgan fingerprint density at radius 3 is 2.57 bits per heavy atom. The first-order chi connectivity index (χ1) is 14.5. The molecule has 0 aliphatic rings. The van der Waals surface area contributed by atoms with Gasteiger partial charge in [-0.2, -0.15) is 0 Å². The summed E-state index contributed by atoms with van der Waals surface area (Å²) in [5, 5.41) is 0.616. The van der Waals surface area contributed by atoms with Gasteiger partial charge in [-0.15, -0.1) is 0 Å². The predicted molar refractivity (Wildman–Crippen MR) is 120 cm³/mol. The van der Waals surface area contributed by atoms with E-state index in [0.29, 0.717) is 43.7 Å². The highest BCUT2D eigenvalue weighted by Crippen LogP contribution is 2.17. The van der Waals surface area contributed by atoms with E-state index in [1.54, 1.807) is 17.6 Å². The first-order valence-corrected chi connectivity index (χ1v) is 11.0. The zero-order chi connectivity index (χ0) is 21.5. The van der Waals surface area contributed by atoms with Gasteiger partial charge in [-0.05, 0) is 43.2 Å². The smallest absolute Gasteiger partial charge is 0.320 e. The van der Waals surface area contributed by atoms with Gasteiger partial charge in [-0.25, -0.2) is 4.98 Å². The van der Waals surface area contributed by atoms with Crippen LogP contribution in [0.5, 0.6) is 5.75 Å². The summed E-state index contributed by atoms with van der Waals surface area (Å²) in [5.41, 5.74) is 1.68. The lowest BCUT2D eigenvalue weighted by atomic mass is 10.1. The molecule has 1 atom stereocenters. The Balaban J connectivity index is 1.62. The van der Waals surface area contributed by atoms with Crippen molar-refractivity contribution in [2.24, 2.45) is 0 Å². The first kappa shape index (κ1) is 22.0. The molecule has 0 aliphatic carbocycles. The summed E-state index contributed by atoms with van der Waals surface area (Å²) in [4.78, 5) is 28.8. The summed E-state index contributed by atoms with van der Waals surface area (Å²) in [7, 11) is 0. The third kappa shape index (κ3) is 5.27. The number of aryl methyl sites for hydroxylation is 1. The summed E-state index contributed by atoms with van der Waals surface area (Å²) in [6.07, 6.45) is 1.21. The molecule has 1 heterocycles. The second-order valence-electron chi connectivity index (χ2n) is 6.77. The molecule has 158 valence electrons. The van der Waals surface area contributed by atoms with E-state index >= 15 is 0 Å². The molecule has 7 heteroatoms. The molecule has 0 spiro atoms. The maximum atomic E-state index is 12.8. The van der Waals surface area contributed by atoms with Gasteiger partial charge in [0.25, 0.3) is 5.56 Å². The van der Waals surface area contributed by atoms with Crippen LogP contribution in [0.15, 0.2) is 53.3 Å². The third-order valence-corrected chi connectivity index (χ3v) is 5.42. The molecule has 0 fully saturated rings. The molecule has 3 rings (SSSR count). The maximum absolute atomic E-state index is 12.8. The Morgan fingerprint density at radius 1 is 1.13 bits per heavy atom. The molecule has 3 aromatic rings. The van der Waals surface area contributed by atoms with Crippen molar-refractivity contribution in [1.29, 1.82) is 0 Å². The van der Waals surface area contributed by atoms with Crippen LogP contribution in [0, 0.1) is 0 Å². The summed E-state index contributed by atoms with van der Waals surface area (Å²) in [6.45, 7) is 4.92. The van der Waals surface area contributed by atoms with Gasteiger partial charge in [0.05, 0.1) is 24.1 Å². The van der Waals surface area contributed by atoms with Crippen molar-refractivity contribution < 1.29 is 14.3 Å². The number of rotatable bonds is 9. The van der Waals surface area contributed by atoms with Gasteiger partial charge in [0.15, 0.2) is 0 Å². The molecule has 0 bridgehead atoms. The van der Waals surface area contributed by atoms with E-state index in [9.17, 15) is 9.59 Å². The number of esters is 1. The number of nitrogens with zero attached hydrogens (tertiary/aromatic N) is 2. The molecule has 1 unspecified atom stereocenters. The monoisotopic (exact) mass is 472 g/mol. The average Bonchev–Trinajstić information content (AvgIpc) is 2.76. The molecule has 1 aromatic heterocycles. The Labute approximate surface area is 184 Å². The number of para-hydroxylation sites is 1. The van der Waals surface area contributed by atoms with Gasteiger partial charge in [-0.3, -0.25) is 14.2 Å². The number of fused-ring (bicyclic) bond motifs is 1. The van der Waals surface area contributed by atoms with Gasteiger partial charge in [0.1, 0.15) is 23.0 Å². The van der Waals surface area contributed by atoms with E-state index in [0.717, 1.165) is 16.9 Å². The van der Waals surface area contributed by atoms with E-state index in [4.69, 9.17) is 9.47 Å². The van der Waals surface area contributed by atoms with E-state index in [-0.39, 0.29) is 16.4 Å². The van der Waals surface area contributed by atoms with Crippen LogP contribution in [0.25, 0.3) is 10.9 Å². The molecular weight excluding hydrogens is 448 g/mol. The van der Waals surface area contributed by atoms with Crippen LogP contribution in [-0.2, 0) is 28.9 Å². The zero-order valence-corrected chi connectivity index (χ0v) is 18.7. The molecule has 0 saturated carbocycles. The molecule has 0 aliphatic heterocycles. The Kier molecular flexibility index (Phi) is 7.63. The van der Waals surface area contributed by atoms with E-state index in [2.05, 4.69) is 20.9 Å². The summed E-state index contributed by atoms with van der Waals surface area (Å²) in [6, 6.07) is 15.0. The molecule has 0 radical (unpaired) electrons. The average molecular weight is 473 g/mol. The topological polar surface area (TPSA) is 70.4 Å². The van der Waals surface area contributed by atoms with Crippen molar-refractivity contribution in [1.82, 2.24) is 9.55 Å². The van der Waals surface area contributed by atoms with Crippen LogP contribution in [0.4, 0.5) is 0 Å². The minimum absolute atomic E-state index is 0.0428. The summed E-state index contributed by atoms with van der Waals surface area (Å²) < 4.78 is 12.5. The lowest BCUT2D eigenvalue weighted by Crippen LogP contribution is -2.27. The minimum atomic E-state index is -0.371. The lowest BCUT2D eigenvalue weighted by molar-refractivity contribution is -0.142. The molecule has 6 nitrogen and oxygen atoms in total. The van der Waals surface area contributed by atoms with Crippen LogP contribution in [0.2, 0.25) is 0 Å². The fraction of sp³-hybridized carbons (Fsp3) is 0.348. The number of aromatic nitrogens is 2. The lowest BCUT2D eigenvalue weighted by Gasteiger charge is -2.13. The molecule has 2 aromatic carbocycles. The zero-order valence-electron chi connectivity index (χ0n) is 17.1. The molecule has 0 amide bonds. The predicted octanol–water partition coefficient (Wildman–Crippen LogP) is 3.91. The number of benzene rings is 2. The highest BCUT2D eigenvalue weighted by molar-refractivity contribution is 9.10. The van der Waals surface area contributed by atoms with Crippen molar-refractivity contribution in [3.05, 3.63) is 70.3 Å². The van der Waals surface area contributed by atoms with Crippen LogP contribution >= 0.6 is 15.9 Å². The maximum Gasteiger partial charge on any atom is 0.320 e. The van der Waals surface area contributed by atoms with Crippen molar-refractivity contribution in [2.75, 3.05) is 13.2 Å². The second kappa shape index (κ2) is 10.4. The van der Waals surface area contributed by atoms with Gasteiger partial charge < -0.3 is 9.47 Å². The Hall–Kier alpha value is -2.67. The number of halogens is 1. The number of ether oxygens (including phenoxy) is 2. The first-order valence-electron chi connectivity index (χ1n) is 10.0. The van der Waals surface area contributed by atoms with Crippen molar-refractivity contribution in [3.63, 3.8) is 0 Å². The fourth-order valence-corrected chi connectivity index (χ4v) is 3.72. The molecular formula is C23H25BrN2O4. The Bertz CT molecular complexity index is 1060. The Morgan fingerprint density at radius 2 is 1.87 bits per heavy atom. The number of hydrogen-bond donors (Lipinski definition) is 0. The van der Waals surface area contributed by atoms with Crippen LogP contribution in [-0.4, -0.2) is 33.6 Å². The quantitative estimate of drug-likeness (QED) is 0.348. The van der Waals surface area contributed by atoms with Gasteiger partial charge in [-0.1, -0.05) is 47.1 Å². The second-order valence-corrected chi connectivity index (χ2v) is 7.88. The highest BCUT2D eigenvalue weighted by atomic mass is 79.9. The van der Waals surface area contributed by atoms with Crippen LogP contribution in [0.1, 0.15) is 25.2 Å². The highest BCUT2D eigenvalue weighted by Gasteiger charge is 2.16. The van der Waals surface area contributed by atoms with Crippen molar-refractivity contribution in [3.8, 4) is 5.75 Å².